The van der Waals surface area contributed by atoms with Gasteiger partial charge in [-0.05, 0) is 23.8 Å². The molecule has 1 heterocycles. The van der Waals surface area contributed by atoms with E-state index >= 15 is 0 Å². The van der Waals surface area contributed by atoms with E-state index in [0.717, 1.165) is 5.56 Å². The van der Waals surface area contributed by atoms with Gasteiger partial charge in [0.25, 0.3) is 5.91 Å². The Morgan fingerprint density at radius 2 is 1.90 bits per heavy atom. The topological polar surface area (TPSA) is 66.4 Å². The molecule has 4 nitrogen and oxygen atoms in total. The van der Waals surface area contributed by atoms with Gasteiger partial charge in [-0.3, -0.25) is 9.59 Å². The summed E-state index contributed by atoms with van der Waals surface area (Å²) >= 11 is 3.34. The van der Waals surface area contributed by atoms with E-state index in [1.54, 1.807) is 6.08 Å². The molecule has 1 aromatic rings. The van der Waals surface area contributed by atoms with Crippen LogP contribution in [0.2, 0.25) is 0 Å². The van der Waals surface area contributed by atoms with Crippen molar-refractivity contribution in [2.45, 2.75) is 0 Å². The van der Waals surface area contributed by atoms with Crippen molar-refractivity contribution in [1.29, 1.82) is 0 Å². The van der Waals surface area contributed by atoms with E-state index in [-0.39, 0.29) is 17.9 Å². The molecule has 0 radical (unpaired) electrons. The third-order valence-corrected chi connectivity index (χ3v) is 3.17. The van der Waals surface area contributed by atoms with Gasteiger partial charge in [-0.15, -0.1) is 0 Å². The molecule has 0 aliphatic carbocycles. The molecule has 1 aliphatic rings. The summed E-state index contributed by atoms with van der Waals surface area (Å²) in [4.78, 5) is 22.8. The molecule has 0 aromatic heterocycles. The summed E-state index contributed by atoms with van der Waals surface area (Å²) in [6, 6.07) is 9.61. The lowest BCUT2D eigenvalue weighted by molar-refractivity contribution is -0.117. The zero-order valence-corrected chi connectivity index (χ0v) is 12.1. The van der Waals surface area contributed by atoms with E-state index in [1.807, 2.05) is 36.4 Å². The van der Waals surface area contributed by atoms with Gasteiger partial charge in [0.05, 0.1) is 6.54 Å². The van der Waals surface area contributed by atoms with E-state index < -0.39 is 11.7 Å². The lowest BCUT2D eigenvalue weighted by atomic mass is 10.1. The van der Waals surface area contributed by atoms with Crippen molar-refractivity contribution in [1.82, 2.24) is 5.32 Å². The molecule has 0 spiro atoms. The van der Waals surface area contributed by atoms with Gasteiger partial charge >= 0.3 is 0 Å². The van der Waals surface area contributed by atoms with Crippen LogP contribution in [0.5, 0.6) is 0 Å². The fourth-order valence-electron chi connectivity index (χ4n) is 1.72. The van der Waals surface area contributed by atoms with E-state index in [9.17, 15) is 14.7 Å². The predicted molar refractivity (Wildman–Crippen MR) is 80.2 cm³/mol. The van der Waals surface area contributed by atoms with Crippen LogP contribution in [0.25, 0.3) is 6.08 Å². The fraction of sp³-hybridized carbons (Fsp3) is 0.0667. The van der Waals surface area contributed by atoms with Gasteiger partial charge in [-0.1, -0.05) is 46.3 Å². The number of aliphatic hydroxyl groups excluding tert-OH is 1. The molecule has 2 N–H and O–H groups in total. The van der Waals surface area contributed by atoms with Gasteiger partial charge in [0.2, 0.25) is 0 Å². The highest BCUT2D eigenvalue weighted by molar-refractivity contribution is 9.12. The van der Waals surface area contributed by atoms with Crippen molar-refractivity contribution >= 4 is 33.7 Å². The number of benzene rings is 1. The van der Waals surface area contributed by atoms with Gasteiger partial charge in [0.1, 0.15) is 11.3 Å². The Balaban J connectivity index is 2.17. The Labute approximate surface area is 124 Å². The second-order valence-electron chi connectivity index (χ2n) is 4.14. The molecule has 1 amide bonds. The number of aliphatic hydroxyl groups is 1. The summed E-state index contributed by atoms with van der Waals surface area (Å²) in [5, 5.41) is 12.1. The number of ketones is 1. The van der Waals surface area contributed by atoms with Crippen LogP contribution in [0, 0.1) is 0 Å². The van der Waals surface area contributed by atoms with Gasteiger partial charge in [0.15, 0.2) is 5.78 Å². The van der Waals surface area contributed by atoms with Crippen molar-refractivity contribution in [2.75, 3.05) is 6.54 Å². The predicted octanol–water partition coefficient (Wildman–Crippen LogP) is 2.49. The summed E-state index contributed by atoms with van der Waals surface area (Å²) < 4.78 is 0.710. The maximum atomic E-state index is 11.4. The molecule has 1 aliphatic heterocycles. The maximum Gasteiger partial charge on any atom is 0.259 e. The molecule has 1 saturated heterocycles. The Kier molecular flexibility index (Phi) is 4.53. The summed E-state index contributed by atoms with van der Waals surface area (Å²) in [7, 11) is 0. The average molecular weight is 334 g/mol. The van der Waals surface area contributed by atoms with E-state index in [4.69, 9.17) is 0 Å². The minimum Gasteiger partial charge on any atom is -0.507 e. The summed E-state index contributed by atoms with van der Waals surface area (Å²) in [5.41, 5.74) is 0.798. The van der Waals surface area contributed by atoms with Gasteiger partial charge in [0, 0.05) is 4.48 Å². The van der Waals surface area contributed by atoms with Gasteiger partial charge in [-0.25, -0.2) is 0 Å². The number of amides is 1. The molecule has 0 unspecified atom stereocenters. The third-order valence-electron chi connectivity index (χ3n) is 2.68. The number of carbonyl (C=O) groups is 2. The number of carbonyl (C=O) groups excluding carboxylic acids is 2. The average Bonchev–Trinajstić information content (AvgIpc) is 2.77. The molecule has 0 atom stereocenters. The molecule has 2 rings (SSSR count). The maximum absolute atomic E-state index is 11.4. The first-order chi connectivity index (χ1) is 9.58. The van der Waals surface area contributed by atoms with E-state index in [2.05, 4.69) is 21.2 Å². The molecule has 102 valence electrons. The van der Waals surface area contributed by atoms with E-state index in [0.29, 0.717) is 4.48 Å². The fourth-order valence-corrected chi connectivity index (χ4v) is 2.12. The molecular weight excluding hydrogens is 322 g/mol. The number of rotatable bonds is 3. The molecule has 1 fully saturated rings. The molecular formula is C15H12BrNO3. The normalized spacial score (nSPS) is 18.6. The largest absolute Gasteiger partial charge is 0.507 e. The van der Waals surface area contributed by atoms with Crippen LogP contribution in [0.1, 0.15) is 5.56 Å². The van der Waals surface area contributed by atoms with Gasteiger partial charge < -0.3 is 10.4 Å². The number of nitrogens with one attached hydrogen (secondary N) is 1. The number of halogens is 1. The van der Waals surface area contributed by atoms with Crippen LogP contribution >= 0.6 is 15.9 Å². The monoisotopic (exact) mass is 333 g/mol. The van der Waals surface area contributed by atoms with Crippen LogP contribution in [0.15, 0.2) is 58.3 Å². The molecule has 0 bridgehead atoms. The van der Waals surface area contributed by atoms with E-state index in [1.165, 1.54) is 6.08 Å². The van der Waals surface area contributed by atoms with Crippen molar-refractivity contribution in [3.8, 4) is 0 Å². The third kappa shape index (κ3) is 3.45. The summed E-state index contributed by atoms with van der Waals surface area (Å²) in [5.74, 6) is -1.27. The van der Waals surface area contributed by atoms with Crippen molar-refractivity contribution < 1.29 is 14.7 Å². The Morgan fingerprint density at radius 1 is 1.20 bits per heavy atom. The summed E-state index contributed by atoms with van der Waals surface area (Å²) in [6.07, 6.45) is 4.75. The van der Waals surface area contributed by atoms with Crippen molar-refractivity contribution in [3.05, 3.63) is 63.9 Å². The Bertz CT molecular complexity index is 612. The highest BCUT2D eigenvalue weighted by atomic mass is 79.9. The first-order valence-corrected chi connectivity index (χ1v) is 6.72. The highest BCUT2D eigenvalue weighted by Crippen LogP contribution is 2.16. The number of hydrogen-bond acceptors (Lipinski definition) is 3. The zero-order valence-electron chi connectivity index (χ0n) is 10.5. The number of hydrogen-bond donors (Lipinski definition) is 2. The first kappa shape index (κ1) is 14.3. The lowest BCUT2D eigenvalue weighted by Gasteiger charge is -1.96. The smallest absolute Gasteiger partial charge is 0.259 e. The van der Waals surface area contributed by atoms with Crippen molar-refractivity contribution in [3.63, 3.8) is 0 Å². The molecule has 0 saturated carbocycles. The van der Waals surface area contributed by atoms with Crippen LogP contribution < -0.4 is 5.32 Å². The first-order valence-electron chi connectivity index (χ1n) is 5.93. The highest BCUT2D eigenvalue weighted by Gasteiger charge is 2.28. The minimum atomic E-state index is -0.541. The Morgan fingerprint density at radius 3 is 2.50 bits per heavy atom. The SMILES string of the molecule is O=C1CNC(=O)C1=C(O)/C=C/C(Br)=C/c1ccccc1. The zero-order chi connectivity index (χ0) is 14.5. The minimum absolute atomic E-state index is 0.0624. The van der Waals surface area contributed by atoms with Crippen LogP contribution in [-0.2, 0) is 9.59 Å². The quantitative estimate of drug-likeness (QED) is 0.386. The van der Waals surface area contributed by atoms with Crippen molar-refractivity contribution in [2.24, 2.45) is 0 Å². The van der Waals surface area contributed by atoms with Crippen LogP contribution in [0.4, 0.5) is 0 Å². The summed E-state index contributed by atoms with van der Waals surface area (Å²) in [6.45, 7) is -0.0624. The van der Waals surface area contributed by atoms with Gasteiger partial charge in [-0.2, -0.15) is 0 Å². The molecule has 5 heteroatoms. The standard InChI is InChI=1S/C15H12BrNO3/c16-11(8-10-4-2-1-3-5-10)6-7-12(18)14-13(19)9-17-15(14)20/h1-8,18H,9H2,(H,17,20)/b7-6+,11-8-,14-12?. The lowest BCUT2D eigenvalue weighted by Crippen LogP contribution is -2.14. The molecule has 1 aromatic carbocycles. The number of allylic oxidation sites excluding steroid dienone is 3. The number of Topliss-reactive ketones (excluding diaryl/α,β-unsaturated/α-hetero) is 1. The van der Waals surface area contributed by atoms with Crippen LogP contribution in [-0.4, -0.2) is 23.3 Å². The second-order valence-corrected chi connectivity index (χ2v) is 5.06. The van der Waals surface area contributed by atoms with Crippen LogP contribution in [0.3, 0.4) is 0 Å². The molecule has 20 heavy (non-hydrogen) atoms. The Hall–Kier alpha value is -2.14. The second kappa shape index (κ2) is 6.34.